The molecule has 0 aliphatic carbocycles. The summed E-state index contributed by atoms with van der Waals surface area (Å²) in [5.41, 5.74) is 10.8. The predicted octanol–water partition coefficient (Wildman–Crippen LogP) is 1.24. The summed E-state index contributed by atoms with van der Waals surface area (Å²) < 4.78 is 4.85. The Morgan fingerprint density at radius 2 is 1.89 bits per heavy atom. The van der Waals surface area contributed by atoms with Crippen molar-refractivity contribution in [2.24, 2.45) is 5.73 Å². The van der Waals surface area contributed by atoms with Gasteiger partial charge >= 0.3 is 0 Å². The number of methoxy groups -OCH3 is 1. The van der Waals surface area contributed by atoms with Crippen molar-refractivity contribution in [3.8, 4) is 0 Å². The van der Waals surface area contributed by atoms with E-state index in [0.717, 1.165) is 6.42 Å². The zero-order chi connectivity index (χ0) is 14.4. The summed E-state index contributed by atoms with van der Waals surface area (Å²) in [6.07, 6.45) is 0.823. The van der Waals surface area contributed by atoms with E-state index < -0.39 is 6.04 Å². The van der Waals surface area contributed by atoms with E-state index in [9.17, 15) is 4.79 Å². The number of benzene rings is 1. The fourth-order valence-electron chi connectivity index (χ4n) is 2.30. The minimum absolute atomic E-state index is 0.163. The molecule has 19 heavy (non-hydrogen) atoms. The summed E-state index contributed by atoms with van der Waals surface area (Å²) in [6, 6.07) is 3.74. The standard InChI is InChI=1S/C15H24N2O2/c1-10-7-11(2)13(12(3)8-10)5-6-17-15(18)14(16)9-19-4/h7-8,14H,5-6,9,16H2,1-4H3,(H,17,18). The molecule has 106 valence electrons. The van der Waals surface area contributed by atoms with Crippen molar-refractivity contribution in [1.29, 1.82) is 0 Å². The van der Waals surface area contributed by atoms with Gasteiger partial charge in [0, 0.05) is 13.7 Å². The third kappa shape index (κ3) is 4.65. The van der Waals surface area contributed by atoms with Crippen molar-refractivity contribution >= 4 is 5.91 Å². The van der Waals surface area contributed by atoms with Crippen molar-refractivity contribution in [3.63, 3.8) is 0 Å². The minimum atomic E-state index is -0.592. The van der Waals surface area contributed by atoms with Crippen LogP contribution in [0.2, 0.25) is 0 Å². The van der Waals surface area contributed by atoms with Gasteiger partial charge in [-0.05, 0) is 43.9 Å². The lowest BCUT2D eigenvalue weighted by Gasteiger charge is -2.14. The van der Waals surface area contributed by atoms with E-state index >= 15 is 0 Å². The lowest BCUT2D eigenvalue weighted by atomic mass is 9.97. The van der Waals surface area contributed by atoms with Gasteiger partial charge in [-0.1, -0.05) is 17.7 Å². The van der Waals surface area contributed by atoms with Gasteiger partial charge in [0.2, 0.25) is 5.91 Å². The van der Waals surface area contributed by atoms with E-state index in [0.29, 0.717) is 6.54 Å². The first-order chi connectivity index (χ1) is 8.95. The summed E-state index contributed by atoms with van der Waals surface area (Å²) in [4.78, 5) is 11.6. The molecule has 4 heteroatoms. The summed E-state index contributed by atoms with van der Waals surface area (Å²) in [5, 5.41) is 2.84. The molecular formula is C15H24N2O2. The third-order valence-electron chi connectivity index (χ3n) is 3.20. The second-order valence-corrected chi connectivity index (χ2v) is 4.98. The molecule has 1 rings (SSSR count). The smallest absolute Gasteiger partial charge is 0.239 e. The highest BCUT2D eigenvalue weighted by Crippen LogP contribution is 2.16. The highest BCUT2D eigenvalue weighted by atomic mass is 16.5. The molecule has 0 heterocycles. The Hall–Kier alpha value is -1.39. The first-order valence-corrected chi connectivity index (χ1v) is 6.54. The maximum atomic E-state index is 11.6. The lowest BCUT2D eigenvalue weighted by molar-refractivity contribution is -0.123. The van der Waals surface area contributed by atoms with Crippen molar-refractivity contribution in [2.75, 3.05) is 20.3 Å². The second-order valence-electron chi connectivity index (χ2n) is 4.98. The molecule has 1 unspecified atom stereocenters. The molecule has 0 radical (unpaired) electrons. The molecule has 0 aliphatic heterocycles. The fourth-order valence-corrected chi connectivity index (χ4v) is 2.30. The second kappa shape index (κ2) is 7.26. The third-order valence-corrected chi connectivity index (χ3v) is 3.20. The number of hydrogen-bond acceptors (Lipinski definition) is 3. The van der Waals surface area contributed by atoms with Gasteiger partial charge in [0.1, 0.15) is 6.04 Å². The van der Waals surface area contributed by atoms with Crippen molar-refractivity contribution in [2.45, 2.75) is 33.2 Å². The Labute approximate surface area is 115 Å². The number of carbonyl (C=O) groups is 1. The molecule has 1 amide bonds. The molecule has 0 bridgehead atoms. The first kappa shape index (κ1) is 15.7. The van der Waals surface area contributed by atoms with E-state index in [1.807, 2.05) is 0 Å². The van der Waals surface area contributed by atoms with Gasteiger partial charge < -0.3 is 15.8 Å². The first-order valence-electron chi connectivity index (χ1n) is 6.54. The SMILES string of the molecule is COCC(N)C(=O)NCCc1c(C)cc(C)cc1C. The van der Waals surface area contributed by atoms with Crippen LogP contribution in [-0.4, -0.2) is 32.2 Å². The lowest BCUT2D eigenvalue weighted by Crippen LogP contribution is -2.44. The number of ether oxygens (including phenoxy) is 1. The summed E-state index contributed by atoms with van der Waals surface area (Å²) in [7, 11) is 1.53. The van der Waals surface area contributed by atoms with E-state index in [4.69, 9.17) is 10.5 Å². The Morgan fingerprint density at radius 3 is 2.42 bits per heavy atom. The monoisotopic (exact) mass is 264 g/mol. The van der Waals surface area contributed by atoms with Crippen LogP contribution in [0.1, 0.15) is 22.3 Å². The van der Waals surface area contributed by atoms with Crippen LogP contribution in [0.15, 0.2) is 12.1 Å². The van der Waals surface area contributed by atoms with Gasteiger partial charge in [-0.3, -0.25) is 4.79 Å². The van der Waals surface area contributed by atoms with Gasteiger partial charge in [-0.2, -0.15) is 0 Å². The molecule has 3 N–H and O–H groups in total. The van der Waals surface area contributed by atoms with Crippen molar-refractivity contribution in [1.82, 2.24) is 5.32 Å². The highest BCUT2D eigenvalue weighted by molar-refractivity contribution is 5.81. The normalized spacial score (nSPS) is 12.3. The van der Waals surface area contributed by atoms with Crippen LogP contribution in [0.3, 0.4) is 0 Å². The molecule has 1 aromatic carbocycles. The number of amides is 1. The number of rotatable bonds is 6. The Kier molecular flexibility index (Phi) is 5.99. The summed E-state index contributed by atoms with van der Waals surface area (Å²) in [6.45, 7) is 7.15. The summed E-state index contributed by atoms with van der Waals surface area (Å²) in [5.74, 6) is -0.163. The number of aryl methyl sites for hydroxylation is 3. The maximum Gasteiger partial charge on any atom is 0.239 e. The van der Waals surface area contributed by atoms with Crippen LogP contribution in [0, 0.1) is 20.8 Å². The highest BCUT2D eigenvalue weighted by Gasteiger charge is 2.12. The number of nitrogens with two attached hydrogens (primary N) is 1. The van der Waals surface area contributed by atoms with E-state index in [2.05, 4.69) is 38.2 Å². The molecule has 0 saturated heterocycles. The molecule has 4 nitrogen and oxygen atoms in total. The van der Waals surface area contributed by atoms with Crippen LogP contribution in [0.5, 0.6) is 0 Å². The zero-order valence-electron chi connectivity index (χ0n) is 12.2. The van der Waals surface area contributed by atoms with Gasteiger partial charge in [0.15, 0.2) is 0 Å². The van der Waals surface area contributed by atoms with Crippen LogP contribution in [0.25, 0.3) is 0 Å². The minimum Gasteiger partial charge on any atom is -0.383 e. The van der Waals surface area contributed by atoms with Gasteiger partial charge in [-0.25, -0.2) is 0 Å². The van der Waals surface area contributed by atoms with Crippen molar-refractivity contribution < 1.29 is 9.53 Å². The fraction of sp³-hybridized carbons (Fsp3) is 0.533. The van der Waals surface area contributed by atoms with E-state index in [-0.39, 0.29) is 12.5 Å². The largest absolute Gasteiger partial charge is 0.383 e. The average molecular weight is 264 g/mol. The molecule has 0 fully saturated rings. The summed E-state index contributed by atoms with van der Waals surface area (Å²) >= 11 is 0. The van der Waals surface area contributed by atoms with Crippen LogP contribution >= 0.6 is 0 Å². The Balaban J connectivity index is 2.52. The molecule has 1 aromatic rings. The molecular weight excluding hydrogens is 240 g/mol. The van der Waals surface area contributed by atoms with Gasteiger partial charge in [-0.15, -0.1) is 0 Å². The Morgan fingerprint density at radius 1 is 1.32 bits per heavy atom. The van der Waals surface area contributed by atoms with Crippen LogP contribution < -0.4 is 11.1 Å². The molecule has 0 aromatic heterocycles. The topological polar surface area (TPSA) is 64.3 Å². The quantitative estimate of drug-likeness (QED) is 0.812. The van der Waals surface area contributed by atoms with E-state index in [1.54, 1.807) is 0 Å². The van der Waals surface area contributed by atoms with Crippen LogP contribution in [0.4, 0.5) is 0 Å². The number of nitrogens with one attached hydrogen (secondary N) is 1. The van der Waals surface area contributed by atoms with Crippen molar-refractivity contribution in [3.05, 3.63) is 34.4 Å². The molecule has 0 saturated carbocycles. The van der Waals surface area contributed by atoms with Gasteiger partial charge in [0.05, 0.1) is 6.61 Å². The van der Waals surface area contributed by atoms with E-state index in [1.165, 1.54) is 29.4 Å². The molecule has 1 atom stereocenters. The zero-order valence-corrected chi connectivity index (χ0v) is 12.2. The molecule has 0 spiro atoms. The van der Waals surface area contributed by atoms with Gasteiger partial charge in [0.25, 0.3) is 0 Å². The maximum absolute atomic E-state index is 11.6. The predicted molar refractivity (Wildman–Crippen MR) is 77.2 cm³/mol. The van der Waals surface area contributed by atoms with Crippen LogP contribution in [-0.2, 0) is 16.0 Å². The average Bonchev–Trinajstić information content (AvgIpc) is 2.32. The molecule has 0 aliphatic rings. The number of carbonyl (C=O) groups excluding carboxylic acids is 1. The Bertz CT molecular complexity index is 421. The number of hydrogen-bond donors (Lipinski definition) is 2.